The molecule has 0 saturated heterocycles. The second-order valence-electron chi connectivity index (χ2n) is 6.61. The van der Waals surface area contributed by atoms with Gasteiger partial charge in [0.1, 0.15) is 9.88 Å². The third kappa shape index (κ3) is 3.48. The van der Waals surface area contributed by atoms with Gasteiger partial charge >= 0.3 is 0 Å². The summed E-state index contributed by atoms with van der Waals surface area (Å²) >= 11 is 9.32. The van der Waals surface area contributed by atoms with Gasteiger partial charge in [-0.25, -0.2) is 0 Å². The summed E-state index contributed by atoms with van der Waals surface area (Å²) in [4.78, 5) is 27.4. The fourth-order valence-electron chi connectivity index (χ4n) is 3.47. The molecule has 0 radical (unpaired) electrons. The number of carbonyl (C=O) groups is 2. The van der Waals surface area contributed by atoms with E-state index < -0.39 is 0 Å². The summed E-state index contributed by atoms with van der Waals surface area (Å²) in [5.74, 6) is -0.445. The fraction of sp³-hybridized carbons (Fsp3) is 0.238. The van der Waals surface area contributed by atoms with E-state index in [0.717, 1.165) is 41.3 Å². The fourth-order valence-corrected chi connectivity index (χ4v) is 6.16. The summed E-state index contributed by atoms with van der Waals surface area (Å²) in [6, 6.07) is 7.67. The molecular weight excluding hydrogens is 412 g/mol. The van der Waals surface area contributed by atoms with E-state index in [9.17, 15) is 9.59 Å². The lowest BCUT2D eigenvalue weighted by molar-refractivity contribution is 0.0958. The summed E-state index contributed by atoms with van der Waals surface area (Å²) < 4.78 is 0.965. The van der Waals surface area contributed by atoms with E-state index in [2.05, 4.69) is 17.2 Å². The molecule has 4 nitrogen and oxygen atoms in total. The molecule has 0 saturated carbocycles. The number of rotatable bonds is 5. The number of aryl methyl sites for hydroxylation is 1. The second kappa shape index (κ2) is 8.07. The Bertz CT molecular complexity index is 1080. The van der Waals surface area contributed by atoms with Gasteiger partial charge < -0.3 is 10.6 Å². The maximum absolute atomic E-state index is 13.0. The lowest BCUT2D eigenvalue weighted by atomic mass is 9.95. The number of benzene rings is 1. The van der Waals surface area contributed by atoms with Crippen molar-refractivity contribution in [2.75, 3.05) is 11.9 Å². The van der Waals surface area contributed by atoms with Crippen molar-refractivity contribution < 1.29 is 9.59 Å². The number of halogens is 1. The quantitative estimate of drug-likeness (QED) is 0.513. The number of hydrogen-bond donors (Lipinski definition) is 2. The van der Waals surface area contributed by atoms with Gasteiger partial charge in [-0.05, 0) is 37.3 Å². The van der Waals surface area contributed by atoms with Crippen molar-refractivity contribution in [2.45, 2.75) is 25.7 Å². The Hall–Kier alpha value is -2.15. The molecule has 28 heavy (non-hydrogen) atoms. The Kier molecular flexibility index (Phi) is 5.53. The molecule has 1 aliphatic rings. The number of nitrogens with one attached hydrogen (secondary N) is 2. The summed E-state index contributed by atoms with van der Waals surface area (Å²) in [7, 11) is 0. The number of thiophene rings is 2. The second-order valence-corrected chi connectivity index (χ2v) is 9.14. The Morgan fingerprint density at radius 3 is 2.71 bits per heavy atom. The van der Waals surface area contributed by atoms with Crippen LogP contribution in [0.2, 0.25) is 5.02 Å². The summed E-state index contributed by atoms with van der Waals surface area (Å²) in [6.07, 6.45) is 5.62. The van der Waals surface area contributed by atoms with Gasteiger partial charge in [-0.1, -0.05) is 35.9 Å². The molecule has 1 aromatic carbocycles. The Balaban J connectivity index is 1.69. The first kappa shape index (κ1) is 19.2. The minimum atomic E-state index is -0.275. The highest BCUT2D eigenvalue weighted by Gasteiger charge is 2.27. The summed E-state index contributed by atoms with van der Waals surface area (Å²) in [6.45, 7) is 4.04. The first-order valence-electron chi connectivity index (χ1n) is 9.12. The van der Waals surface area contributed by atoms with Crippen molar-refractivity contribution in [3.8, 4) is 0 Å². The average Bonchev–Trinajstić information content (AvgIpc) is 3.24. The zero-order chi connectivity index (χ0) is 19.7. The van der Waals surface area contributed by atoms with E-state index in [-0.39, 0.29) is 11.8 Å². The Morgan fingerprint density at radius 1 is 1.14 bits per heavy atom. The van der Waals surface area contributed by atoms with E-state index in [1.807, 2.05) is 24.3 Å². The van der Waals surface area contributed by atoms with Crippen LogP contribution in [0.4, 0.5) is 5.00 Å². The molecular formula is C21H19ClN2O2S2. The molecule has 0 spiro atoms. The zero-order valence-electron chi connectivity index (χ0n) is 15.1. The lowest BCUT2D eigenvalue weighted by Gasteiger charge is -2.12. The van der Waals surface area contributed by atoms with Crippen molar-refractivity contribution >= 4 is 61.2 Å². The minimum Gasteiger partial charge on any atom is -0.348 e. The van der Waals surface area contributed by atoms with Gasteiger partial charge in [0.2, 0.25) is 0 Å². The molecule has 0 bridgehead atoms. The highest BCUT2D eigenvalue weighted by Crippen LogP contribution is 2.40. The van der Waals surface area contributed by atoms with Gasteiger partial charge in [0, 0.05) is 21.5 Å². The minimum absolute atomic E-state index is 0.169. The van der Waals surface area contributed by atoms with Crippen LogP contribution in [0.25, 0.3) is 10.1 Å². The molecule has 1 aliphatic carbocycles. The standard InChI is InChI=1S/C21H19ClN2O2S2/c1-2-11-23-19(25)16-12-7-3-5-9-14(12)28-21(16)24-20(26)18-17(22)13-8-4-6-10-15(13)27-18/h2,4,6,8,10H,1,3,5,7,9,11H2,(H,23,25)(H,24,26). The number of fused-ring (bicyclic) bond motifs is 2. The lowest BCUT2D eigenvalue weighted by Crippen LogP contribution is -2.25. The van der Waals surface area contributed by atoms with E-state index in [1.165, 1.54) is 27.6 Å². The number of amides is 2. The van der Waals surface area contributed by atoms with Gasteiger partial charge in [0.25, 0.3) is 11.8 Å². The zero-order valence-corrected chi connectivity index (χ0v) is 17.5. The third-order valence-corrected chi connectivity index (χ3v) is 7.65. The van der Waals surface area contributed by atoms with Crippen LogP contribution < -0.4 is 10.6 Å². The van der Waals surface area contributed by atoms with Crippen molar-refractivity contribution in [1.29, 1.82) is 0 Å². The molecule has 0 fully saturated rings. The van der Waals surface area contributed by atoms with Crippen LogP contribution in [0.15, 0.2) is 36.9 Å². The third-order valence-electron chi connectivity index (χ3n) is 4.77. The van der Waals surface area contributed by atoms with Crippen LogP contribution in [0.1, 0.15) is 43.3 Å². The highest BCUT2D eigenvalue weighted by molar-refractivity contribution is 7.22. The van der Waals surface area contributed by atoms with Gasteiger partial charge in [0.05, 0.1) is 10.6 Å². The van der Waals surface area contributed by atoms with Crippen molar-refractivity contribution in [3.05, 3.63) is 62.8 Å². The van der Waals surface area contributed by atoms with Crippen molar-refractivity contribution in [3.63, 3.8) is 0 Å². The van der Waals surface area contributed by atoms with Crippen LogP contribution in [0, 0.1) is 0 Å². The first-order chi connectivity index (χ1) is 13.6. The molecule has 3 aromatic rings. The Morgan fingerprint density at radius 2 is 1.93 bits per heavy atom. The monoisotopic (exact) mass is 430 g/mol. The maximum Gasteiger partial charge on any atom is 0.267 e. The molecule has 2 amide bonds. The topological polar surface area (TPSA) is 58.2 Å². The molecule has 0 atom stereocenters. The molecule has 7 heteroatoms. The SMILES string of the molecule is C=CCNC(=O)c1c(NC(=O)c2sc3ccccc3c2Cl)sc2c1CCCC2. The maximum atomic E-state index is 13.0. The highest BCUT2D eigenvalue weighted by atomic mass is 35.5. The van der Waals surface area contributed by atoms with E-state index in [1.54, 1.807) is 6.08 Å². The first-order valence-corrected chi connectivity index (χ1v) is 11.1. The van der Waals surface area contributed by atoms with Crippen LogP contribution in [-0.4, -0.2) is 18.4 Å². The molecule has 0 aliphatic heterocycles. The smallest absolute Gasteiger partial charge is 0.267 e. The molecule has 2 heterocycles. The average molecular weight is 431 g/mol. The molecule has 0 unspecified atom stereocenters. The van der Waals surface area contributed by atoms with Crippen molar-refractivity contribution in [2.24, 2.45) is 0 Å². The van der Waals surface area contributed by atoms with Gasteiger partial charge in [-0.3, -0.25) is 9.59 Å². The van der Waals surface area contributed by atoms with Crippen molar-refractivity contribution in [1.82, 2.24) is 5.32 Å². The predicted octanol–water partition coefficient (Wildman–Crippen LogP) is 5.66. The normalized spacial score (nSPS) is 13.2. The summed E-state index contributed by atoms with van der Waals surface area (Å²) in [5.41, 5.74) is 1.66. The number of hydrogen-bond acceptors (Lipinski definition) is 4. The molecule has 4 rings (SSSR count). The number of carbonyl (C=O) groups excluding carboxylic acids is 2. The van der Waals surface area contributed by atoms with Gasteiger partial charge in [-0.15, -0.1) is 29.3 Å². The van der Waals surface area contributed by atoms with Crippen LogP contribution >= 0.6 is 34.3 Å². The number of anilines is 1. The Labute approximate surface area is 176 Å². The molecule has 2 aromatic heterocycles. The summed E-state index contributed by atoms with van der Waals surface area (Å²) in [5, 5.41) is 7.74. The van der Waals surface area contributed by atoms with E-state index in [4.69, 9.17) is 11.6 Å². The molecule has 144 valence electrons. The van der Waals surface area contributed by atoms with Crippen LogP contribution in [0.3, 0.4) is 0 Å². The molecule has 2 N–H and O–H groups in total. The van der Waals surface area contributed by atoms with Crippen LogP contribution in [0.5, 0.6) is 0 Å². The van der Waals surface area contributed by atoms with Gasteiger partial charge in [-0.2, -0.15) is 0 Å². The predicted molar refractivity (Wildman–Crippen MR) is 118 cm³/mol. The van der Waals surface area contributed by atoms with Gasteiger partial charge in [0.15, 0.2) is 0 Å². The van der Waals surface area contributed by atoms with Crippen LogP contribution in [-0.2, 0) is 12.8 Å². The van der Waals surface area contributed by atoms with E-state index in [0.29, 0.717) is 27.0 Å². The van der Waals surface area contributed by atoms with E-state index >= 15 is 0 Å². The largest absolute Gasteiger partial charge is 0.348 e.